The van der Waals surface area contributed by atoms with E-state index in [1.54, 1.807) is 0 Å². The molecule has 2 aliphatic rings. The quantitative estimate of drug-likeness (QED) is 0.314. The van der Waals surface area contributed by atoms with Gasteiger partial charge in [-0.05, 0) is 68.6 Å². The third-order valence-corrected chi connectivity index (χ3v) is 12.9. The third-order valence-electron chi connectivity index (χ3n) is 8.32. The van der Waals surface area contributed by atoms with Crippen LogP contribution in [0, 0.1) is 0 Å². The number of aromatic nitrogens is 2. The zero-order valence-electron chi connectivity index (χ0n) is 22.8. The normalized spacial score (nSPS) is 20.3. The summed E-state index contributed by atoms with van der Waals surface area (Å²) in [6.07, 6.45) is 4.17. The SMILES string of the molecule is Cn1nc(C2CCC(=O)NC2=O)c2ccc(N3CCC(NCCCO[Si](C)(C)C(C)(C)C)CC3)cc21. The van der Waals surface area contributed by atoms with Crippen molar-refractivity contribution in [3.8, 4) is 0 Å². The molecule has 9 heteroatoms. The van der Waals surface area contributed by atoms with Crippen LogP contribution < -0.4 is 15.5 Å². The van der Waals surface area contributed by atoms with Gasteiger partial charge in [-0.15, -0.1) is 0 Å². The summed E-state index contributed by atoms with van der Waals surface area (Å²) in [6.45, 7) is 15.4. The zero-order chi connectivity index (χ0) is 26.1. The molecule has 2 aromatic rings. The van der Waals surface area contributed by atoms with Gasteiger partial charge in [-0.3, -0.25) is 19.6 Å². The van der Waals surface area contributed by atoms with E-state index in [1.807, 2.05) is 11.7 Å². The van der Waals surface area contributed by atoms with Crippen LogP contribution in [-0.2, 0) is 21.1 Å². The molecule has 1 atom stereocenters. The summed E-state index contributed by atoms with van der Waals surface area (Å²) in [5.41, 5.74) is 2.99. The molecule has 2 amide bonds. The first-order valence-electron chi connectivity index (χ1n) is 13.4. The maximum Gasteiger partial charge on any atom is 0.235 e. The molecule has 0 spiro atoms. The number of benzene rings is 1. The second-order valence-electron chi connectivity index (χ2n) is 11.9. The molecular formula is C27H43N5O3Si. The van der Waals surface area contributed by atoms with Crippen LogP contribution in [0.15, 0.2) is 18.2 Å². The van der Waals surface area contributed by atoms with Crippen LogP contribution in [0.3, 0.4) is 0 Å². The largest absolute Gasteiger partial charge is 0.417 e. The van der Waals surface area contributed by atoms with Gasteiger partial charge in [0.05, 0.1) is 17.1 Å². The Kier molecular flexibility index (Phi) is 7.92. The van der Waals surface area contributed by atoms with E-state index in [4.69, 9.17) is 4.43 Å². The predicted octanol–water partition coefficient (Wildman–Crippen LogP) is 4.06. The summed E-state index contributed by atoms with van der Waals surface area (Å²) >= 11 is 0. The lowest BCUT2D eigenvalue weighted by atomic mass is 9.92. The molecule has 2 fully saturated rings. The number of carbonyl (C=O) groups is 2. The molecule has 2 aliphatic heterocycles. The lowest BCUT2D eigenvalue weighted by Crippen LogP contribution is -2.43. The fraction of sp³-hybridized carbons (Fsp3) is 0.667. The maximum atomic E-state index is 12.4. The molecule has 4 rings (SSSR count). The highest BCUT2D eigenvalue weighted by Crippen LogP contribution is 2.36. The minimum Gasteiger partial charge on any atom is -0.417 e. The van der Waals surface area contributed by atoms with E-state index < -0.39 is 8.32 Å². The van der Waals surface area contributed by atoms with Gasteiger partial charge >= 0.3 is 0 Å². The lowest BCUT2D eigenvalue weighted by molar-refractivity contribution is -0.134. The summed E-state index contributed by atoms with van der Waals surface area (Å²) in [5, 5.41) is 12.1. The van der Waals surface area contributed by atoms with E-state index in [1.165, 1.54) is 5.69 Å². The van der Waals surface area contributed by atoms with Crippen molar-refractivity contribution in [2.24, 2.45) is 7.05 Å². The molecule has 0 saturated carbocycles. The number of piperidine rings is 2. The molecule has 8 nitrogen and oxygen atoms in total. The molecule has 0 bridgehead atoms. The Bertz CT molecular complexity index is 1100. The number of hydrogen-bond acceptors (Lipinski definition) is 6. The number of anilines is 1. The van der Waals surface area contributed by atoms with Gasteiger partial charge in [0.1, 0.15) is 0 Å². The monoisotopic (exact) mass is 513 g/mol. The highest BCUT2D eigenvalue weighted by molar-refractivity contribution is 6.74. The highest BCUT2D eigenvalue weighted by atomic mass is 28.4. The van der Waals surface area contributed by atoms with Gasteiger partial charge in [-0.1, -0.05) is 20.8 Å². The van der Waals surface area contributed by atoms with Crippen molar-refractivity contribution in [3.05, 3.63) is 23.9 Å². The number of rotatable bonds is 8. The minimum absolute atomic E-state index is 0.198. The Balaban J connectivity index is 1.29. The van der Waals surface area contributed by atoms with Gasteiger partial charge in [0.15, 0.2) is 8.32 Å². The van der Waals surface area contributed by atoms with Gasteiger partial charge in [-0.25, -0.2) is 0 Å². The van der Waals surface area contributed by atoms with Gasteiger partial charge in [-0.2, -0.15) is 5.10 Å². The predicted molar refractivity (Wildman–Crippen MR) is 147 cm³/mol. The van der Waals surface area contributed by atoms with Crippen LogP contribution in [0.4, 0.5) is 5.69 Å². The van der Waals surface area contributed by atoms with Gasteiger partial charge in [0.25, 0.3) is 0 Å². The first kappa shape index (κ1) is 26.8. The highest BCUT2D eigenvalue weighted by Gasteiger charge is 2.37. The number of amides is 2. The summed E-state index contributed by atoms with van der Waals surface area (Å²) < 4.78 is 8.16. The van der Waals surface area contributed by atoms with Crippen molar-refractivity contribution in [2.45, 2.75) is 83.0 Å². The van der Waals surface area contributed by atoms with Crippen LogP contribution in [0.5, 0.6) is 0 Å². The average Bonchev–Trinajstić information content (AvgIpc) is 3.14. The molecule has 1 unspecified atom stereocenters. The number of fused-ring (bicyclic) bond motifs is 1. The van der Waals surface area contributed by atoms with Crippen molar-refractivity contribution in [1.82, 2.24) is 20.4 Å². The van der Waals surface area contributed by atoms with Gasteiger partial charge in [0, 0.05) is 50.3 Å². The molecule has 0 radical (unpaired) electrons. The fourth-order valence-corrected chi connectivity index (χ4v) is 6.03. The van der Waals surface area contributed by atoms with E-state index in [-0.39, 0.29) is 22.8 Å². The van der Waals surface area contributed by atoms with E-state index in [0.717, 1.165) is 62.1 Å². The Labute approximate surface area is 216 Å². The number of hydrogen-bond donors (Lipinski definition) is 2. The zero-order valence-corrected chi connectivity index (χ0v) is 23.8. The number of aryl methyl sites for hydroxylation is 1. The van der Waals surface area contributed by atoms with E-state index in [2.05, 4.69) is 72.7 Å². The van der Waals surface area contributed by atoms with Crippen molar-refractivity contribution in [1.29, 1.82) is 0 Å². The Morgan fingerprint density at radius 1 is 1.17 bits per heavy atom. The number of nitrogens with one attached hydrogen (secondary N) is 2. The summed E-state index contributed by atoms with van der Waals surface area (Å²) in [6, 6.07) is 6.96. The second-order valence-corrected chi connectivity index (χ2v) is 16.7. The number of carbonyl (C=O) groups excluding carboxylic acids is 2. The Hall–Kier alpha value is -2.23. The van der Waals surface area contributed by atoms with Crippen molar-refractivity contribution < 1.29 is 14.0 Å². The van der Waals surface area contributed by atoms with Crippen LogP contribution in [0.2, 0.25) is 18.1 Å². The average molecular weight is 514 g/mol. The van der Waals surface area contributed by atoms with Crippen molar-refractivity contribution in [2.75, 3.05) is 31.1 Å². The Morgan fingerprint density at radius 2 is 1.89 bits per heavy atom. The molecule has 1 aromatic carbocycles. The summed E-state index contributed by atoms with van der Waals surface area (Å²) in [4.78, 5) is 26.4. The fourth-order valence-electron chi connectivity index (χ4n) is 4.95. The Morgan fingerprint density at radius 3 is 2.56 bits per heavy atom. The smallest absolute Gasteiger partial charge is 0.235 e. The van der Waals surface area contributed by atoms with Crippen LogP contribution in [0.25, 0.3) is 10.9 Å². The van der Waals surface area contributed by atoms with Crippen LogP contribution in [0.1, 0.15) is 64.5 Å². The number of nitrogens with zero attached hydrogens (tertiary/aromatic N) is 3. The van der Waals surface area contributed by atoms with Gasteiger partial charge < -0.3 is 14.6 Å². The minimum atomic E-state index is -1.65. The second kappa shape index (κ2) is 10.6. The van der Waals surface area contributed by atoms with Crippen molar-refractivity contribution in [3.63, 3.8) is 0 Å². The van der Waals surface area contributed by atoms with E-state index >= 15 is 0 Å². The van der Waals surface area contributed by atoms with Crippen LogP contribution in [-0.4, -0.2) is 62.2 Å². The molecule has 2 saturated heterocycles. The first-order valence-corrected chi connectivity index (χ1v) is 16.3. The third kappa shape index (κ3) is 5.84. The molecule has 2 N–H and O–H groups in total. The van der Waals surface area contributed by atoms with Crippen molar-refractivity contribution >= 4 is 36.7 Å². The molecular weight excluding hydrogens is 470 g/mol. The standard InChI is InChI=1S/C27H43N5O3Si/c1-27(2,3)36(5,6)35-17-7-14-28-19-12-15-32(16-13-19)20-8-9-21-23(18-20)31(4)30-25(21)22-10-11-24(33)29-26(22)34/h8-9,18-19,22,28H,7,10-17H2,1-6H3,(H,29,33,34). The van der Waals surface area contributed by atoms with Gasteiger partial charge in [0.2, 0.25) is 11.8 Å². The molecule has 198 valence electrons. The first-order chi connectivity index (χ1) is 17.0. The summed E-state index contributed by atoms with van der Waals surface area (Å²) in [7, 11) is 0.270. The van der Waals surface area contributed by atoms with E-state index in [0.29, 0.717) is 18.9 Å². The summed E-state index contributed by atoms with van der Waals surface area (Å²) in [5.74, 6) is -0.807. The molecule has 36 heavy (non-hydrogen) atoms. The molecule has 1 aromatic heterocycles. The van der Waals surface area contributed by atoms with Crippen LogP contribution >= 0.6 is 0 Å². The van der Waals surface area contributed by atoms with E-state index in [9.17, 15) is 9.59 Å². The lowest BCUT2D eigenvalue weighted by Gasteiger charge is -2.36. The molecule has 3 heterocycles. The maximum absolute atomic E-state index is 12.4. The number of imide groups is 1. The molecule has 0 aliphatic carbocycles. The topological polar surface area (TPSA) is 88.5 Å².